The van der Waals surface area contributed by atoms with Gasteiger partial charge in [0.15, 0.2) is 5.69 Å². The fourth-order valence-electron chi connectivity index (χ4n) is 2.89. The van der Waals surface area contributed by atoms with Gasteiger partial charge in [0.1, 0.15) is 5.54 Å². The number of rotatable bonds is 6. The molecule has 1 saturated heterocycles. The van der Waals surface area contributed by atoms with Crippen molar-refractivity contribution in [2.24, 2.45) is 0 Å². The number of carbonyl (C=O) groups is 2. The minimum absolute atomic E-state index is 0. The zero-order valence-corrected chi connectivity index (χ0v) is 15.2. The molecule has 1 aliphatic heterocycles. The van der Waals surface area contributed by atoms with Gasteiger partial charge in [0, 0.05) is 0 Å². The molecule has 2 heterocycles. The van der Waals surface area contributed by atoms with Crippen LogP contribution >= 0.6 is 12.4 Å². The number of nitrogens with zero attached hydrogens (tertiary/aromatic N) is 3. The number of hydrogen-bond acceptors (Lipinski definition) is 6. The van der Waals surface area contributed by atoms with E-state index in [-0.39, 0.29) is 24.1 Å². The number of aromatic nitrogens is 3. The van der Waals surface area contributed by atoms with Gasteiger partial charge >= 0.3 is 5.97 Å². The second-order valence-corrected chi connectivity index (χ2v) is 6.09. The summed E-state index contributed by atoms with van der Waals surface area (Å²) in [4.78, 5) is 24.4. The molecule has 1 amide bonds. The highest BCUT2D eigenvalue weighted by atomic mass is 35.5. The Balaban J connectivity index is 0.00000288. The van der Waals surface area contributed by atoms with Crippen molar-refractivity contribution in [3.8, 4) is 0 Å². The number of piperidine rings is 1. The lowest BCUT2D eigenvalue weighted by Gasteiger charge is -2.27. The summed E-state index contributed by atoms with van der Waals surface area (Å²) in [6, 6.07) is 0.257. The molecule has 8 nitrogen and oxygen atoms in total. The van der Waals surface area contributed by atoms with Crippen LogP contribution in [0.15, 0.2) is 6.20 Å². The maximum absolute atomic E-state index is 12.4. The van der Waals surface area contributed by atoms with Gasteiger partial charge < -0.3 is 15.4 Å². The molecule has 0 spiro atoms. The van der Waals surface area contributed by atoms with Gasteiger partial charge in [0.2, 0.25) is 0 Å². The van der Waals surface area contributed by atoms with Crippen LogP contribution in [0.3, 0.4) is 0 Å². The van der Waals surface area contributed by atoms with E-state index in [0.29, 0.717) is 6.42 Å². The van der Waals surface area contributed by atoms with Crippen molar-refractivity contribution < 1.29 is 14.3 Å². The van der Waals surface area contributed by atoms with E-state index < -0.39 is 17.4 Å². The Kier molecular flexibility index (Phi) is 7.62. The molecule has 1 aromatic rings. The normalized spacial score (nSPS) is 17.5. The van der Waals surface area contributed by atoms with E-state index in [4.69, 9.17) is 4.74 Å². The van der Waals surface area contributed by atoms with Crippen LogP contribution in [-0.2, 0) is 9.53 Å². The van der Waals surface area contributed by atoms with Crippen LogP contribution in [0.2, 0.25) is 0 Å². The van der Waals surface area contributed by atoms with Crippen molar-refractivity contribution in [3.63, 3.8) is 0 Å². The predicted octanol–water partition coefficient (Wildman–Crippen LogP) is 1.09. The third-order valence-electron chi connectivity index (χ3n) is 4.20. The minimum atomic E-state index is -1.06. The average Bonchev–Trinajstić information content (AvgIpc) is 3.05. The maximum Gasteiger partial charge on any atom is 0.331 e. The molecule has 1 unspecified atom stereocenters. The molecule has 1 fully saturated rings. The molecule has 0 bridgehead atoms. The molecule has 0 aromatic carbocycles. The van der Waals surface area contributed by atoms with E-state index in [9.17, 15) is 9.59 Å². The molecule has 1 aliphatic rings. The second kappa shape index (κ2) is 8.98. The smallest absolute Gasteiger partial charge is 0.331 e. The van der Waals surface area contributed by atoms with Crippen LogP contribution < -0.4 is 10.6 Å². The van der Waals surface area contributed by atoms with E-state index in [2.05, 4.69) is 20.9 Å². The van der Waals surface area contributed by atoms with Crippen LogP contribution in [-0.4, -0.2) is 52.6 Å². The zero-order chi connectivity index (χ0) is 16.9. The lowest BCUT2D eigenvalue weighted by atomic mass is 9.96. The SMILES string of the molecule is CCCC(C)(NC(=O)c1cn(C2CCNCC2)nn1)C(=O)OC.Cl. The van der Waals surface area contributed by atoms with E-state index >= 15 is 0 Å². The summed E-state index contributed by atoms with van der Waals surface area (Å²) in [7, 11) is 1.32. The number of halogens is 1. The molecular formula is C15H26ClN5O3. The largest absolute Gasteiger partial charge is 0.467 e. The zero-order valence-electron chi connectivity index (χ0n) is 14.4. The monoisotopic (exact) mass is 359 g/mol. The summed E-state index contributed by atoms with van der Waals surface area (Å²) < 4.78 is 6.54. The number of amides is 1. The molecule has 136 valence electrons. The molecule has 0 radical (unpaired) electrons. The fourth-order valence-corrected chi connectivity index (χ4v) is 2.89. The maximum atomic E-state index is 12.4. The average molecular weight is 360 g/mol. The Hall–Kier alpha value is -1.67. The van der Waals surface area contributed by atoms with Gasteiger partial charge in [0.25, 0.3) is 5.91 Å². The van der Waals surface area contributed by atoms with Crippen molar-refractivity contribution >= 4 is 24.3 Å². The first-order chi connectivity index (χ1) is 11.0. The Morgan fingerprint density at radius 2 is 2.12 bits per heavy atom. The highest BCUT2D eigenvalue weighted by Gasteiger charge is 2.36. The first-order valence-corrected chi connectivity index (χ1v) is 8.03. The summed E-state index contributed by atoms with van der Waals surface area (Å²) in [5.41, 5.74) is -0.839. The van der Waals surface area contributed by atoms with Gasteiger partial charge in [-0.1, -0.05) is 18.6 Å². The fraction of sp³-hybridized carbons (Fsp3) is 0.733. The van der Waals surface area contributed by atoms with Crippen LogP contribution in [0.1, 0.15) is 56.1 Å². The van der Waals surface area contributed by atoms with E-state index in [1.54, 1.807) is 17.8 Å². The molecule has 0 aliphatic carbocycles. The Bertz CT molecular complexity index is 559. The standard InChI is InChI=1S/C15H25N5O3.ClH/c1-4-7-15(2,14(22)23-3)17-13(21)12-10-20(19-18-12)11-5-8-16-9-6-11;/h10-11,16H,4-9H2,1-3H3,(H,17,21);1H. The van der Waals surface area contributed by atoms with Crippen molar-refractivity contribution in [3.05, 3.63) is 11.9 Å². The van der Waals surface area contributed by atoms with Crippen molar-refractivity contribution in [2.45, 2.75) is 51.1 Å². The lowest BCUT2D eigenvalue weighted by Crippen LogP contribution is -2.52. The first-order valence-electron chi connectivity index (χ1n) is 8.03. The number of methoxy groups -OCH3 is 1. The number of carbonyl (C=O) groups excluding carboxylic acids is 2. The Morgan fingerprint density at radius 3 is 2.71 bits per heavy atom. The Labute approximate surface area is 148 Å². The van der Waals surface area contributed by atoms with Crippen molar-refractivity contribution in [1.29, 1.82) is 0 Å². The van der Waals surface area contributed by atoms with Gasteiger partial charge in [0.05, 0.1) is 19.3 Å². The molecule has 2 rings (SSSR count). The number of esters is 1. The Morgan fingerprint density at radius 1 is 1.46 bits per heavy atom. The van der Waals surface area contributed by atoms with Crippen LogP contribution in [0.4, 0.5) is 0 Å². The minimum Gasteiger partial charge on any atom is -0.467 e. The van der Waals surface area contributed by atoms with E-state index in [0.717, 1.165) is 32.4 Å². The number of nitrogens with one attached hydrogen (secondary N) is 2. The molecular weight excluding hydrogens is 334 g/mol. The summed E-state index contributed by atoms with van der Waals surface area (Å²) in [5.74, 6) is -0.870. The van der Waals surface area contributed by atoms with Crippen LogP contribution in [0.5, 0.6) is 0 Å². The highest BCUT2D eigenvalue weighted by Crippen LogP contribution is 2.18. The molecule has 2 N–H and O–H groups in total. The predicted molar refractivity (Wildman–Crippen MR) is 91.2 cm³/mol. The van der Waals surface area contributed by atoms with Crippen LogP contribution in [0.25, 0.3) is 0 Å². The second-order valence-electron chi connectivity index (χ2n) is 6.09. The molecule has 24 heavy (non-hydrogen) atoms. The summed E-state index contributed by atoms with van der Waals surface area (Å²) in [6.45, 7) is 5.48. The summed E-state index contributed by atoms with van der Waals surface area (Å²) >= 11 is 0. The third kappa shape index (κ3) is 4.67. The molecule has 1 atom stereocenters. The first kappa shape index (κ1) is 20.4. The highest BCUT2D eigenvalue weighted by molar-refractivity contribution is 5.96. The van der Waals surface area contributed by atoms with E-state index in [1.165, 1.54) is 7.11 Å². The number of ether oxygens (including phenoxy) is 1. The summed E-state index contributed by atoms with van der Waals surface area (Å²) in [5, 5.41) is 14.0. The summed E-state index contributed by atoms with van der Waals surface area (Å²) in [6.07, 6.45) is 4.80. The number of hydrogen-bond donors (Lipinski definition) is 2. The van der Waals surface area contributed by atoms with Crippen molar-refractivity contribution in [2.75, 3.05) is 20.2 Å². The van der Waals surface area contributed by atoms with Gasteiger partial charge in [-0.25, -0.2) is 9.48 Å². The molecule has 0 saturated carbocycles. The van der Waals surface area contributed by atoms with Gasteiger partial charge in [-0.2, -0.15) is 0 Å². The quantitative estimate of drug-likeness (QED) is 0.738. The molecule has 1 aromatic heterocycles. The van der Waals surface area contributed by atoms with Gasteiger partial charge in [-0.05, 0) is 39.3 Å². The third-order valence-corrected chi connectivity index (χ3v) is 4.20. The topological polar surface area (TPSA) is 98.1 Å². The van der Waals surface area contributed by atoms with E-state index in [1.807, 2.05) is 6.92 Å². The van der Waals surface area contributed by atoms with Crippen LogP contribution in [0, 0.1) is 0 Å². The molecule has 9 heteroatoms. The van der Waals surface area contributed by atoms with Crippen molar-refractivity contribution in [1.82, 2.24) is 25.6 Å². The lowest BCUT2D eigenvalue weighted by molar-refractivity contribution is -0.147. The van der Waals surface area contributed by atoms with Gasteiger partial charge in [-0.3, -0.25) is 4.79 Å². The van der Waals surface area contributed by atoms with Gasteiger partial charge in [-0.15, -0.1) is 17.5 Å².